The molecular formula is C15H14O2. The van der Waals surface area contributed by atoms with E-state index in [2.05, 4.69) is 12.2 Å². The summed E-state index contributed by atoms with van der Waals surface area (Å²) < 4.78 is 0. The van der Waals surface area contributed by atoms with E-state index in [4.69, 9.17) is 0 Å². The summed E-state index contributed by atoms with van der Waals surface area (Å²) in [6.07, 6.45) is 5.46. The lowest BCUT2D eigenvalue weighted by Gasteiger charge is -2.30. The van der Waals surface area contributed by atoms with E-state index >= 15 is 0 Å². The normalized spacial score (nSPS) is 37.2. The van der Waals surface area contributed by atoms with E-state index in [0.29, 0.717) is 23.4 Å². The van der Waals surface area contributed by atoms with E-state index in [1.54, 1.807) is 0 Å². The molecule has 0 radical (unpaired) electrons. The van der Waals surface area contributed by atoms with Gasteiger partial charge in [-0.25, -0.2) is 0 Å². The van der Waals surface area contributed by atoms with Gasteiger partial charge in [-0.15, -0.1) is 0 Å². The summed E-state index contributed by atoms with van der Waals surface area (Å²) in [6.45, 7) is 0. The maximum absolute atomic E-state index is 10.4. The third kappa shape index (κ3) is 1.01. The third-order valence-electron chi connectivity index (χ3n) is 4.57. The Kier molecular flexibility index (Phi) is 1.62. The van der Waals surface area contributed by atoms with E-state index < -0.39 is 0 Å². The average molecular weight is 226 g/mol. The standard InChI is InChI=1S/C15H14O2/c16-14-10-3-1-2-4-11(10)15(17)13-9-6-5-8(7-9)12(13)14/h1-6,8-9,12-13,16-17H,7H2. The number of rotatable bonds is 0. The van der Waals surface area contributed by atoms with Crippen LogP contribution in [-0.4, -0.2) is 10.2 Å². The summed E-state index contributed by atoms with van der Waals surface area (Å²) >= 11 is 0. The Balaban J connectivity index is 2.10. The lowest BCUT2D eigenvalue weighted by molar-refractivity contribution is 0.303. The number of hydrogen-bond donors (Lipinski definition) is 2. The van der Waals surface area contributed by atoms with Gasteiger partial charge in [0.1, 0.15) is 11.5 Å². The van der Waals surface area contributed by atoms with Crippen LogP contribution in [0.15, 0.2) is 36.4 Å². The molecule has 0 saturated heterocycles. The predicted octanol–water partition coefficient (Wildman–Crippen LogP) is 1.47. The second kappa shape index (κ2) is 2.95. The Morgan fingerprint density at radius 2 is 1.29 bits per heavy atom. The maximum Gasteiger partial charge on any atom is 0.105 e. The lowest BCUT2D eigenvalue weighted by Crippen LogP contribution is -2.41. The molecule has 2 bridgehead atoms. The summed E-state index contributed by atoms with van der Waals surface area (Å²) in [5.74, 6) is 1.95. The molecule has 2 nitrogen and oxygen atoms in total. The van der Waals surface area contributed by atoms with Gasteiger partial charge >= 0.3 is 0 Å². The van der Waals surface area contributed by atoms with Crippen LogP contribution in [0, 0.1) is 23.7 Å². The van der Waals surface area contributed by atoms with Gasteiger partial charge in [-0.05, 0) is 18.3 Å². The molecule has 3 aliphatic carbocycles. The molecule has 0 aliphatic heterocycles. The number of aliphatic hydroxyl groups excluding tert-OH is 2. The highest BCUT2D eigenvalue weighted by molar-refractivity contribution is 5.57. The number of hydrogen-bond acceptors (Lipinski definition) is 2. The van der Waals surface area contributed by atoms with E-state index in [1.807, 2.05) is 24.3 Å². The Labute approximate surface area is 99.2 Å². The molecule has 2 heteroatoms. The summed E-state index contributed by atoms with van der Waals surface area (Å²) in [5.41, 5.74) is 0. The zero-order valence-corrected chi connectivity index (χ0v) is 9.38. The quantitative estimate of drug-likeness (QED) is 0.658. The molecule has 1 fully saturated rings. The number of allylic oxidation sites excluding steroid dienone is 2. The van der Waals surface area contributed by atoms with E-state index in [-0.39, 0.29) is 11.8 Å². The topological polar surface area (TPSA) is 40.5 Å². The molecule has 1 aromatic rings. The van der Waals surface area contributed by atoms with Crippen LogP contribution in [0.1, 0.15) is 6.42 Å². The van der Waals surface area contributed by atoms with Gasteiger partial charge in [0.25, 0.3) is 0 Å². The van der Waals surface area contributed by atoms with Crippen LogP contribution in [0.4, 0.5) is 0 Å². The predicted molar refractivity (Wildman–Crippen MR) is 65.5 cm³/mol. The van der Waals surface area contributed by atoms with Gasteiger partial charge in [-0.3, -0.25) is 0 Å². The minimum Gasteiger partial charge on any atom is -0.511 e. The Hall–Kier alpha value is -1.70. The first-order valence-electron chi connectivity index (χ1n) is 6.17. The molecule has 1 saturated carbocycles. The van der Waals surface area contributed by atoms with Crippen LogP contribution in [0.5, 0.6) is 0 Å². The van der Waals surface area contributed by atoms with Gasteiger partial charge in [0, 0.05) is 22.3 Å². The van der Waals surface area contributed by atoms with Gasteiger partial charge in [-0.2, -0.15) is 0 Å². The van der Waals surface area contributed by atoms with Crippen molar-refractivity contribution in [3.8, 4) is 0 Å². The highest BCUT2D eigenvalue weighted by Gasteiger charge is 2.49. The van der Waals surface area contributed by atoms with Crippen molar-refractivity contribution in [2.24, 2.45) is 23.7 Å². The van der Waals surface area contributed by atoms with Crippen LogP contribution in [0.25, 0.3) is 11.5 Å². The van der Waals surface area contributed by atoms with Crippen LogP contribution in [0.3, 0.4) is 0 Å². The smallest absolute Gasteiger partial charge is 0.105 e. The highest BCUT2D eigenvalue weighted by atomic mass is 16.3. The molecule has 4 atom stereocenters. The summed E-state index contributed by atoms with van der Waals surface area (Å²) in [7, 11) is 0. The molecule has 1 aromatic carbocycles. The molecule has 0 heterocycles. The molecule has 3 aliphatic rings. The maximum atomic E-state index is 10.4. The average Bonchev–Trinajstić information content (AvgIpc) is 2.96. The fourth-order valence-corrected chi connectivity index (χ4v) is 3.86. The van der Waals surface area contributed by atoms with Gasteiger partial charge in [-0.1, -0.05) is 36.4 Å². The molecule has 0 amide bonds. The molecule has 4 unspecified atom stereocenters. The van der Waals surface area contributed by atoms with Crippen LogP contribution >= 0.6 is 0 Å². The fourth-order valence-electron chi connectivity index (χ4n) is 3.86. The zero-order valence-electron chi connectivity index (χ0n) is 9.38. The van der Waals surface area contributed by atoms with Crippen molar-refractivity contribution in [3.63, 3.8) is 0 Å². The monoisotopic (exact) mass is 226 g/mol. The Morgan fingerprint density at radius 1 is 0.824 bits per heavy atom. The van der Waals surface area contributed by atoms with E-state index in [0.717, 1.165) is 16.9 Å². The Morgan fingerprint density at radius 3 is 1.76 bits per heavy atom. The molecule has 86 valence electrons. The van der Waals surface area contributed by atoms with Crippen LogP contribution < -0.4 is 10.4 Å². The van der Waals surface area contributed by atoms with Crippen molar-refractivity contribution in [3.05, 3.63) is 46.9 Å². The van der Waals surface area contributed by atoms with Gasteiger partial charge in [0.15, 0.2) is 0 Å². The van der Waals surface area contributed by atoms with Crippen molar-refractivity contribution >= 4 is 11.5 Å². The molecule has 17 heavy (non-hydrogen) atoms. The summed E-state index contributed by atoms with van der Waals surface area (Å²) in [4.78, 5) is 0. The summed E-state index contributed by atoms with van der Waals surface area (Å²) in [6, 6.07) is 7.61. The fraction of sp³-hybridized carbons (Fsp3) is 0.333. The lowest BCUT2D eigenvalue weighted by atomic mass is 9.77. The SMILES string of the molecule is OC1=c2ccccc2=C(O)C2C3C=CC(C3)C12. The number of benzene rings is 1. The minimum atomic E-state index is 0.0971. The first-order valence-corrected chi connectivity index (χ1v) is 6.17. The summed E-state index contributed by atoms with van der Waals surface area (Å²) in [5, 5.41) is 22.5. The second-order valence-electron chi connectivity index (χ2n) is 5.32. The highest BCUT2D eigenvalue weighted by Crippen LogP contribution is 2.53. The zero-order chi connectivity index (χ0) is 11.6. The molecular weight excluding hydrogens is 212 g/mol. The van der Waals surface area contributed by atoms with Crippen LogP contribution in [-0.2, 0) is 0 Å². The van der Waals surface area contributed by atoms with Gasteiger partial charge < -0.3 is 10.2 Å². The van der Waals surface area contributed by atoms with Gasteiger partial charge in [0.05, 0.1) is 0 Å². The molecule has 0 spiro atoms. The second-order valence-corrected chi connectivity index (χ2v) is 5.32. The molecule has 0 aromatic heterocycles. The molecule has 4 rings (SSSR count). The first kappa shape index (κ1) is 9.34. The molecule has 2 N–H and O–H groups in total. The van der Waals surface area contributed by atoms with Crippen LogP contribution in [0.2, 0.25) is 0 Å². The third-order valence-corrected chi connectivity index (χ3v) is 4.57. The van der Waals surface area contributed by atoms with Crippen molar-refractivity contribution in [2.75, 3.05) is 0 Å². The van der Waals surface area contributed by atoms with Gasteiger partial charge in [0.2, 0.25) is 0 Å². The van der Waals surface area contributed by atoms with Crippen molar-refractivity contribution in [1.82, 2.24) is 0 Å². The number of aliphatic hydroxyl groups is 2. The largest absolute Gasteiger partial charge is 0.511 e. The van der Waals surface area contributed by atoms with E-state index in [1.165, 1.54) is 0 Å². The number of fused-ring (bicyclic) bond motifs is 6. The van der Waals surface area contributed by atoms with Crippen molar-refractivity contribution in [1.29, 1.82) is 0 Å². The first-order chi connectivity index (χ1) is 8.27. The minimum absolute atomic E-state index is 0.0971. The van der Waals surface area contributed by atoms with Crippen molar-refractivity contribution < 1.29 is 10.2 Å². The Bertz CT molecular complexity index is 586. The van der Waals surface area contributed by atoms with Crippen molar-refractivity contribution in [2.45, 2.75) is 6.42 Å². The van der Waals surface area contributed by atoms with E-state index in [9.17, 15) is 10.2 Å².